The molecule has 1 amide bonds. The number of nitrogens with two attached hydrogens (primary N) is 1. The lowest BCUT2D eigenvalue weighted by atomic mass is 10.0. The highest BCUT2D eigenvalue weighted by atomic mass is 19.1. The first-order valence-corrected chi connectivity index (χ1v) is 8.74. The molecule has 2 aromatic heterocycles. The van der Waals surface area contributed by atoms with Crippen molar-refractivity contribution in [3.05, 3.63) is 47.7 Å². The number of rotatable bonds is 4. The van der Waals surface area contributed by atoms with Crippen LogP contribution in [-0.4, -0.2) is 51.9 Å². The van der Waals surface area contributed by atoms with Gasteiger partial charge >= 0.3 is 0 Å². The lowest BCUT2D eigenvalue weighted by Crippen LogP contribution is -2.35. The summed E-state index contributed by atoms with van der Waals surface area (Å²) in [5.41, 5.74) is 7.60. The average molecular weight is 369 g/mol. The van der Waals surface area contributed by atoms with Crippen molar-refractivity contribution < 1.29 is 13.9 Å². The van der Waals surface area contributed by atoms with E-state index in [1.165, 1.54) is 0 Å². The van der Waals surface area contributed by atoms with E-state index in [1.54, 1.807) is 36.3 Å². The highest BCUT2D eigenvalue weighted by molar-refractivity contribution is 6.01. The van der Waals surface area contributed by atoms with Crippen molar-refractivity contribution in [2.24, 2.45) is 12.8 Å². The van der Waals surface area contributed by atoms with Crippen molar-refractivity contribution in [3.63, 3.8) is 0 Å². The zero-order valence-electron chi connectivity index (χ0n) is 15.0. The van der Waals surface area contributed by atoms with Crippen LogP contribution in [0.1, 0.15) is 16.1 Å². The molecule has 3 aromatic rings. The van der Waals surface area contributed by atoms with E-state index in [2.05, 4.69) is 15.0 Å². The van der Waals surface area contributed by atoms with Gasteiger partial charge in [0.25, 0.3) is 5.91 Å². The van der Waals surface area contributed by atoms with Gasteiger partial charge in [-0.1, -0.05) is 12.1 Å². The summed E-state index contributed by atoms with van der Waals surface area (Å²) in [4.78, 5) is 18.1. The van der Waals surface area contributed by atoms with E-state index in [4.69, 9.17) is 10.5 Å². The molecule has 0 saturated carbocycles. The van der Waals surface area contributed by atoms with Crippen LogP contribution in [0.4, 0.5) is 4.39 Å². The first-order chi connectivity index (χ1) is 13.0. The van der Waals surface area contributed by atoms with Crippen LogP contribution in [0.15, 0.2) is 30.6 Å². The Morgan fingerprint density at radius 1 is 1.33 bits per heavy atom. The number of ether oxygens (including phenoxy) is 1. The van der Waals surface area contributed by atoms with Gasteiger partial charge in [0.1, 0.15) is 11.2 Å². The molecular weight excluding hydrogens is 349 g/mol. The van der Waals surface area contributed by atoms with Crippen LogP contribution in [0.25, 0.3) is 22.0 Å². The van der Waals surface area contributed by atoms with Crippen molar-refractivity contribution >= 4 is 16.8 Å². The van der Waals surface area contributed by atoms with Gasteiger partial charge in [0, 0.05) is 49.4 Å². The quantitative estimate of drug-likeness (QED) is 0.757. The van der Waals surface area contributed by atoms with Gasteiger partial charge < -0.3 is 10.5 Å². The number of morpholine rings is 1. The number of carbonyl (C=O) groups excluding carboxylic acids is 1. The van der Waals surface area contributed by atoms with Crippen LogP contribution >= 0.6 is 0 Å². The standard InChI is InChI=1S/C19H20FN5O2/c1-24-10-13(9-22-24)15-8-16(19(21)26)23-18-14(15)3-2-12(17(18)20)11-25-4-6-27-7-5-25/h2-3,8-10H,4-7,11H2,1H3,(H2,21,26). The predicted octanol–water partition coefficient (Wildman–Crippen LogP) is 1.71. The molecule has 27 heavy (non-hydrogen) atoms. The number of amides is 1. The Balaban J connectivity index is 1.84. The molecule has 0 atom stereocenters. The van der Waals surface area contributed by atoms with Crippen molar-refractivity contribution in [2.75, 3.05) is 26.3 Å². The van der Waals surface area contributed by atoms with Gasteiger partial charge in [-0.25, -0.2) is 9.37 Å². The Morgan fingerprint density at radius 3 is 2.78 bits per heavy atom. The average Bonchev–Trinajstić information content (AvgIpc) is 3.10. The van der Waals surface area contributed by atoms with Crippen molar-refractivity contribution in [2.45, 2.75) is 6.54 Å². The summed E-state index contributed by atoms with van der Waals surface area (Å²) >= 11 is 0. The van der Waals surface area contributed by atoms with Gasteiger partial charge in [0.05, 0.1) is 19.4 Å². The van der Waals surface area contributed by atoms with E-state index in [-0.39, 0.29) is 11.2 Å². The van der Waals surface area contributed by atoms with Crippen LogP contribution < -0.4 is 5.73 Å². The molecule has 1 aliphatic heterocycles. The highest BCUT2D eigenvalue weighted by Gasteiger charge is 2.19. The lowest BCUT2D eigenvalue weighted by Gasteiger charge is -2.26. The lowest BCUT2D eigenvalue weighted by molar-refractivity contribution is 0.0337. The van der Waals surface area contributed by atoms with Crippen LogP contribution in [0.3, 0.4) is 0 Å². The SMILES string of the molecule is Cn1cc(-c2cc(C(N)=O)nc3c(F)c(CN4CCOCC4)ccc23)cn1. The minimum atomic E-state index is -0.694. The van der Waals surface area contributed by atoms with E-state index < -0.39 is 11.7 Å². The zero-order chi connectivity index (χ0) is 19.0. The minimum absolute atomic E-state index is 0.0313. The summed E-state index contributed by atoms with van der Waals surface area (Å²) in [6.45, 7) is 3.27. The zero-order valence-corrected chi connectivity index (χ0v) is 15.0. The van der Waals surface area contributed by atoms with Gasteiger partial charge in [-0.3, -0.25) is 14.4 Å². The Bertz CT molecular complexity index is 1010. The van der Waals surface area contributed by atoms with Gasteiger partial charge in [0.2, 0.25) is 0 Å². The number of fused-ring (bicyclic) bond motifs is 1. The molecule has 4 rings (SSSR count). The first-order valence-electron chi connectivity index (χ1n) is 8.74. The summed E-state index contributed by atoms with van der Waals surface area (Å²) in [7, 11) is 1.79. The number of halogens is 1. The van der Waals surface area contributed by atoms with Crippen LogP contribution in [-0.2, 0) is 18.3 Å². The molecule has 3 heterocycles. The number of aryl methyl sites for hydroxylation is 1. The summed E-state index contributed by atoms with van der Waals surface area (Å²) in [5, 5.41) is 4.78. The van der Waals surface area contributed by atoms with Crippen LogP contribution in [0, 0.1) is 5.82 Å². The summed E-state index contributed by atoms with van der Waals surface area (Å²) < 4.78 is 22.3. The maximum atomic E-state index is 15.3. The van der Waals surface area contributed by atoms with Crippen molar-refractivity contribution in [1.82, 2.24) is 19.7 Å². The molecule has 2 N–H and O–H groups in total. The van der Waals surface area contributed by atoms with Gasteiger partial charge in [-0.2, -0.15) is 5.10 Å². The predicted molar refractivity (Wildman–Crippen MR) is 98.5 cm³/mol. The molecule has 1 fully saturated rings. The van der Waals surface area contributed by atoms with E-state index in [1.807, 2.05) is 6.07 Å². The van der Waals surface area contributed by atoms with Gasteiger partial charge in [-0.05, 0) is 11.6 Å². The third-order valence-electron chi connectivity index (χ3n) is 4.77. The second-order valence-electron chi connectivity index (χ2n) is 6.65. The van der Waals surface area contributed by atoms with E-state index >= 15 is 4.39 Å². The minimum Gasteiger partial charge on any atom is -0.379 e. The summed E-state index contributed by atoms with van der Waals surface area (Å²) in [6, 6.07) is 5.20. The maximum Gasteiger partial charge on any atom is 0.267 e. The largest absolute Gasteiger partial charge is 0.379 e. The number of hydrogen-bond acceptors (Lipinski definition) is 5. The highest BCUT2D eigenvalue weighted by Crippen LogP contribution is 2.31. The third kappa shape index (κ3) is 3.41. The molecule has 0 radical (unpaired) electrons. The number of benzene rings is 1. The first kappa shape index (κ1) is 17.6. The number of nitrogens with zero attached hydrogens (tertiary/aromatic N) is 4. The number of carbonyl (C=O) groups is 1. The summed E-state index contributed by atoms with van der Waals surface area (Å²) in [6.07, 6.45) is 3.47. The molecule has 8 heteroatoms. The normalized spacial score (nSPS) is 15.3. The van der Waals surface area contributed by atoms with E-state index in [9.17, 15) is 4.79 Å². The van der Waals surface area contributed by atoms with Crippen LogP contribution in [0.2, 0.25) is 0 Å². The monoisotopic (exact) mass is 369 g/mol. The maximum absolute atomic E-state index is 15.3. The Hall–Kier alpha value is -2.84. The number of aromatic nitrogens is 3. The van der Waals surface area contributed by atoms with Crippen LogP contribution in [0.5, 0.6) is 0 Å². The second kappa shape index (κ2) is 7.05. The van der Waals surface area contributed by atoms with Gasteiger partial charge in [-0.15, -0.1) is 0 Å². The number of primary amides is 1. The molecule has 0 aliphatic carbocycles. The number of hydrogen-bond donors (Lipinski definition) is 1. The molecule has 7 nitrogen and oxygen atoms in total. The second-order valence-corrected chi connectivity index (χ2v) is 6.65. The Kier molecular flexibility index (Phi) is 4.59. The van der Waals surface area contributed by atoms with E-state index in [0.717, 1.165) is 18.7 Å². The molecule has 0 bridgehead atoms. The van der Waals surface area contributed by atoms with Crippen molar-refractivity contribution in [3.8, 4) is 11.1 Å². The fourth-order valence-corrected chi connectivity index (χ4v) is 3.35. The Labute approximate surface area is 155 Å². The molecular formula is C19H20FN5O2. The summed E-state index contributed by atoms with van der Waals surface area (Å²) in [5.74, 6) is -1.12. The topological polar surface area (TPSA) is 86.3 Å². The molecule has 0 spiro atoms. The third-order valence-corrected chi connectivity index (χ3v) is 4.77. The fraction of sp³-hybridized carbons (Fsp3) is 0.316. The molecule has 1 aliphatic rings. The molecule has 140 valence electrons. The molecule has 0 unspecified atom stereocenters. The fourth-order valence-electron chi connectivity index (χ4n) is 3.35. The van der Waals surface area contributed by atoms with Crippen molar-refractivity contribution in [1.29, 1.82) is 0 Å². The van der Waals surface area contributed by atoms with E-state index in [0.29, 0.717) is 36.3 Å². The Morgan fingerprint density at radius 2 is 2.11 bits per heavy atom. The number of pyridine rings is 1. The van der Waals surface area contributed by atoms with Gasteiger partial charge in [0.15, 0.2) is 5.82 Å². The molecule has 1 aromatic carbocycles. The molecule has 1 saturated heterocycles. The smallest absolute Gasteiger partial charge is 0.267 e.